The van der Waals surface area contributed by atoms with Crippen molar-refractivity contribution in [2.24, 2.45) is 5.73 Å². The molecule has 0 aromatic carbocycles. The normalized spacial score (nSPS) is 19.7. The van der Waals surface area contributed by atoms with Crippen LogP contribution in [0.5, 0.6) is 0 Å². The van der Waals surface area contributed by atoms with Crippen molar-refractivity contribution >= 4 is 0 Å². The molecular weight excluding hydrogens is 226 g/mol. The summed E-state index contributed by atoms with van der Waals surface area (Å²) < 4.78 is 7.92. The van der Waals surface area contributed by atoms with Gasteiger partial charge in [-0.2, -0.15) is 0 Å². The van der Waals surface area contributed by atoms with Gasteiger partial charge in [-0.15, -0.1) is 0 Å². The molecule has 0 radical (unpaired) electrons. The van der Waals surface area contributed by atoms with E-state index in [1.54, 1.807) is 0 Å². The van der Waals surface area contributed by atoms with Crippen molar-refractivity contribution in [1.82, 2.24) is 9.55 Å². The van der Waals surface area contributed by atoms with Gasteiger partial charge in [-0.05, 0) is 19.8 Å². The summed E-state index contributed by atoms with van der Waals surface area (Å²) in [6, 6.07) is 0. The number of aromatic nitrogens is 2. The number of nitrogens with zero attached hydrogens (tertiary/aromatic N) is 2. The third-order valence-corrected chi connectivity index (χ3v) is 3.86. The molecule has 0 amide bonds. The van der Waals surface area contributed by atoms with Gasteiger partial charge < -0.3 is 15.0 Å². The lowest BCUT2D eigenvalue weighted by Crippen LogP contribution is -2.44. The van der Waals surface area contributed by atoms with Gasteiger partial charge in [0.2, 0.25) is 0 Å². The number of hydrogen-bond acceptors (Lipinski definition) is 3. The van der Waals surface area contributed by atoms with Gasteiger partial charge in [0, 0.05) is 24.5 Å². The van der Waals surface area contributed by atoms with E-state index in [1.807, 2.05) is 12.4 Å². The van der Waals surface area contributed by atoms with E-state index < -0.39 is 0 Å². The molecule has 1 aliphatic carbocycles. The zero-order valence-corrected chi connectivity index (χ0v) is 11.4. The van der Waals surface area contributed by atoms with Crippen molar-refractivity contribution in [3.05, 3.63) is 18.2 Å². The molecule has 0 saturated heterocycles. The molecule has 0 bridgehead atoms. The van der Waals surface area contributed by atoms with E-state index in [0.29, 0.717) is 13.2 Å². The van der Waals surface area contributed by atoms with E-state index >= 15 is 0 Å². The van der Waals surface area contributed by atoms with Gasteiger partial charge in [0.25, 0.3) is 0 Å². The minimum Gasteiger partial charge on any atom is -0.372 e. The molecule has 1 aromatic heterocycles. The van der Waals surface area contributed by atoms with Crippen LogP contribution in [-0.4, -0.2) is 21.7 Å². The second-order valence-corrected chi connectivity index (χ2v) is 5.40. The number of rotatable bonds is 5. The van der Waals surface area contributed by atoms with Gasteiger partial charge in [0.1, 0.15) is 12.4 Å². The van der Waals surface area contributed by atoms with Crippen LogP contribution in [0.15, 0.2) is 12.4 Å². The Morgan fingerprint density at radius 2 is 2.06 bits per heavy atom. The average molecular weight is 251 g/mol. The maximum absolute atomic E-state index is 6.42. The smallest absolute Gasteiger partial charge is 0.134 e. The summed E-state index contributed by atoms with van der Waals surface area (Å²) in [6.07, 6.45) is 11.1. The molecule has 1 fully saturated rings. The van der Waals surface area contributed by atoms with Crippen molar-refractivity contribution in [2.45, 2.75) is 64.1 Å². The van der Waals surface area contributed by atoms with E-state index in [9.17, 15) is 0 Å². The Morgan fingerprint density at radius 1 is 1.33 bits per heavy atom. The Kier molecular flexibility index (Phi) is 4.78. The van der Waals surface area contributed by atoms with Crippen molar-refractivity contribution in [3.8, 4) is 0 Å². The van der Waals surface area contributed by atoms with Crippen LogP contribution >= 0.6 is 0 Å². The maximum Gasteiger partial charge on any atom is 0.134 e. The zero-order chi connectivity index (χ0) is 12.8. The van der Waals surface area contributed by atoms with Crippen LogP contribution in [0.3, 0.4) is 0 Å². The van der Waals surface area contributed by atoms with Crippen LogP contribution in [0, 0.1) is 0 Å². The highest BCUT2D eigenvalue weighted by Crippen LogP contribution is 2.25. The predicted octanol–water partition coefficient (Wildman–Crippen LogP) is 2.47. The standard InChI is InChI=1S/C14H25N3O/c1-2-17-10-9-16-13(17)11-18-12-14(15)7-5-3-4-6-8-14/h9-10H,2-8,11-12,15H2,1H3. The van der Waals surface area contributed by atoms with Gasteiger partial charge in [0.15, 0.2) is 0 Å². The van der Waals surface area contributed by atoms with Crippen molar-refractivity contribution in [1.29, 1.82) is 0 Å². The Hall–Kier alpha value is -0.870. The van der Waals surface area contributed by atoms with E-state index in [4.69, 9.17) is 10.5 Å². The Balaban J connectivity index is 1.80. The van der Waals surface area contributed by atoms with Crippen molar-refractivity contribution < 1.29 is 4.74 Å². The molecule has 2 rings (SSSR count). The number of aryl methyl sites for hydroxylation is 1. The maximum atomic E-state index is 6.42. The monoisotopic (exact) mass is 251 g/mol. The SMILES string of the molecule is CCn1ccnc1COCC1(N)CCCCCC1. The van der Waals surface area contributed by atoms with Crippen molar-refractivity contribution in [2.75, 3.05) is 6.61 Å². The molecule has 102 valence electrons. The Bertz CT molecular complexity index is 354. The average Bonchev–Trinajstić information content (AvgIpc) is 2.70. The van der Waals surface area contributed by atoms with Gasteiger partial charge >= 0.3 is 0 Å². The van der Waals surface area contributed by atoms with Crippen LogP contribution in [0.4, 0.5) is 0 Å². The van der Waals surface area contributed by atoms with Crippen molar-refractivity contribution in [3.63, 3.8) is 0 Å². The fraction of sp³-hybridized carbons (Fsp3) is 0.786. The molecule has 0 aliphatic heterocycles. The summed E-state index contributed by atoms with van der Waals surface area (Å²) in [5, 5.41) is 0. The van der Waals surface area contributed by atoms with Gasteiger partial charge in [-0.1, -0.05) is 25.7 Å². The number of ether oxygens (including phenoxy) is 1. The molecule has 4 nitrogen and oxygen atoms in total. The van der Waals surface area contributed by atoms with E-state index in [0.717, 1.165) is 25.2 Å². The second kappa shape index (κ2) is 6.34. The number of nitrogens with two attached hydrogens (primary N) is 1. The largest absolute Gasteiger partial charge is 0.372 e. The molecule has 1 aromatic rings. The molecule has 18 heavy (non-hydrogen) atoms. The summed E-state index contributed by atoms with van der Waals surface area (Å²) in [6.45, 7) is 4.27. The molecule has 0 unspecified atom stereocenters. The first kappa shape index (κ1) is 13.6. The third kappa shape index (κ3) is 3.56. The highest BCUT2D eigenvalue weighted by atomic mass is 16.5. The molecule has 2 N–H and O–H groups in total. The minimum atomic E-state index is -0.111. The summed E-state index contributed by atoms with van der Waals surface area (Å²) in [5.41, 5.74) is 6.31. The lowest BCUT2D eigenvalue weighted by molar-refractivity contribution is 0.0614. The molecule has 1 saturated carbocycles. The van der Waals surface area contributed by atoms with Crippen LogP contribution in [0.25, 0.3) is 0 Å². The van der Waals surface area contributed by atoms with Crippen LogP contribution in [-0.2, 0) is 17.9 Å². The molecule has 1 heterocycles. The molecule has 4 heteroatoms. The van der Waals surface area contributed by atoms with Gasteiger partial charge in [-0.25, -0.2) is 4.98 Å². The van der Waals surface area contributed by atoms with Crippen LogP contribution < -0.4 is 5.73 Å². The first-order valence-electron chi connectivity index (χ1n) is 7.10. The van der Waals surface area contributed by atoms with Crippen LogP contribution in [0.2, 0.25) is 0 Å². The van der Waals surface area contributed by atoms with Gasteiger partial charge in [-0.3, -0.25) is 0 Å². The Labute approximate surface area is 110 Å². The summed E-state index contributed by atoms with van der Waals surface area (Å²) in [5.74, 6) is 0.995. The first-order chi connectivity index (χ1) is 8.73. The number of hydrogen-bond donors (Lipinski definition) is 1. The third-order valence-electron chi connectivity index (χ3n) is 3.86. The lowest BCUT2D eigenvalue weighted by Gasteiger charge is -2.27. The molecule has 1 aliphatic rings. The number of imidazole rings is 1. The summed E-state index contributed by atoms with van der Waals surface area (Å²) >= 11 is 0. The topological polar surface area (TPSA) is 53.1 Å². The quantitative estimate of drug-likeness (QED) is 0.818. The first-order valence-corrected chi connectivity index (χ1v) is 7.10. The highest BCUT2D eigenvalue weighted by Gasteiger charge is 2.26. The Morgan fingerprint density at radius 3 is 2.72 bits per heavy atom. The lowest BCUT2D eigenvalue weighted by atomic mass is 9.93. The van der Waals surface area contributed by atoms with Gasteiger partial charge in [0.05, 0.1) is 6.61 Å². The molecule has 0 atom stereocenters. The predicted molar refractivity (Wildman–Crippen MR) is 72.2 cm³/mol. The zero-order valence-electron chi connectivity index (χ0n) is 11.4. The summed E-state index contributed by atoms with van der Waals surface area (Å²) in [4.78, 5) is 4.31. The second-order valence-electron chi connectivity index (χ2n) is 5.40. The van der Waals surface area contributed by atoms with Crippen LogP contribution in [0.1, 0.15) is 51.3 Å². The molecule has 0 spiro atoms. The molecular formula is C14H25N3O. The van der Waals surface area contributed by atoms with E-state index in [-0.39, 0.29) is 5.54 Å². The summed E-state index contributed by atoms with van der Waals surface area (Å²) in [7, 11) is 0. The van der Waals surface area contributed by atoms with E-state index in [2.05, 4.69) is 16.5 Å². The minimum absolute atomic E-state index is 0.111. The highest BCUT2D eigenvalue weighted by molar-refractivity contribution is 4.91. The van der Waals surface area contributed by atoms with E-state index in [1.165, 1.54) is 25.7 Å². The fourth-order valence-electron chi connectivity index (χ4n) is 2.69. The fourth-order valence-corrected chi connectivity index (χ4v) is 2.69.